The monoisotopic (exact) mass is 591 g/mol. The Bertz CT molecular complexity index is 1450. The van der Waals surface area contributed by atoms with Gasteiger partial charge in [-0.15, -0.1) is 0 Å². The number of aromatic nitrogens is 2. The summed E-state index contributed by atoms with van der Waals surface area (Å²) in [6, 6.07) is 13.4. The fourth-order valence-corrected chi connectivity index (χ4v) is 6.09. The Kier molecular flexibility index (Phi) is 7.65. The van der Waals surface area contributed by atoms with Crippen molar-refractivity contribution < 1.29 is 33.2 Å². The van der Waals surface area contributed by atoms with Gasteiger partial charge in [-0.3, -0.25) is 0 Å². The highest BCUT2D eigenvalue weighted by molar-refractivity contribution is 6.30. The molecule has 0 spiro atoms. The summed E-state index contributed by atoms with van der Waals surface area (Å²) >= 11 is 6.32. The molecule has 1 aromatic heterocycles. The van der Waals surface area contributed by atoms with Crippen LogP contribution in [0.15, 0.2) is 60.3 Å². The number of benzene rings is 2. The predicted molar refractivity (Wildman–Crippen MR) is 149 cm³/mol. The van der Waals surface area contributed by atoms with Gasteiger partial charge in [-0.05, 0) is 49.7 Å². The molecule has 1 saturated carbocycles. The SMILES string of the molecule is CC(C)OCCN1C(=CC2C(O)C(c3c(C(F)(F)F)nn(-c4ccccc4)c3O)C2O)C(C)(C)c2cc(Cl)ccc21. The maximum absolute atomic E-state index is 14.1. The highest BCUT2D eigenvalue weighted by Gasteiger charge is 2.55. The van der Waals surface area contributed by atoms with Crippen molar-refractivity contribution in [1.29, 1.82) is 0 Å². The number of hydrogen-bond acceptors (Lipinski definition) is 6. The number of allylic oxidation sites excluding steroid dienone is 1. The number of aromatic hydroxyl groups is 1. The lowest BCUT2D eigenvalue weighted by atomic mass is 9.64. The highest BCUT2D eigenvalue weighted by Crippen LogP contribution is 2.54. The minimum absolute atomic E-state index is 0.0195. The first-order valence-electron chi connectivity index (χ1n) is 13.5. The molecule has 0 bridgehead atoms. The van der Waals surface area contributed by atoms with E-state index in [4.69, 9.17) is 16.3 Å². The fourth-order valence-electron chi connectivity index (χ4n) is 5.91. The third kappa shape index (κ3) is 5.11. The second-order valence-corrected chi connectivity index (χ2v) is 11.8. The second-order valence-electron chi connectivity index (χ2n) is 11.3. The number of aliphatic hydroxyl groups excluding tert-OH is 2. The molecule has 1 aliphatic carbocycles. The van der Waals surface area contributed by atoms with Crippen molar-refractivity contribution in [2.24, 2.45) is 5.92 Å². The largest absolute Gasteiger partial charge is 0.493 e. The van der Waals surface area contributed by atoms with Crippen molar-refractivity contribution in [1.82, 2.24) is 9.78 Å². The van der Waals surface area contributed by atoms with Gasteiger partial charge in [-0.25, -0.2) is 4.68 Å². The van der Waals surface area contributed by atoms with Gasteiger partial charge in [0.2, 0.25) is 5.88 Å². The predicted octanol–water partition coefficient (Wildman–Crippen LogP) is 5.79. The van der Waals surface area contributed by atoms with Crippen LogP contribution in [-0.2, 0) is 16.3 Å². The molecule has 0 amide bonds. The summed E-state index contributed by atoms with van der Waals surface area (Å²) in [6.07, 6.45) is -5.99. The maximum atomic E-state index is 14.1. The third-order valence-corrected chi connectivity index (χ3v) is 8.23. The van der Waals surface area contributed by atoms with Crippen LogP contribution in [0.25, 0.3) is 5.69 Å². The number of alkyl halides is 3. The Labute approximate surface area is 241 Å². The van der Waals surface area contributed by atoms with E-state index < -0.39 is 52.8 Å². The van der Waals surface area contributed by atoms with E-state index in [9.17, 15) is 28.5 Å². The van der Waals surface area contributed by atoms with Gasteiger partial charge in [0.15, 0.2) is 5.69 Å². The van der Waals surface area contributed by atoms with E-state index in [2.05, 4.69) is 5.10 Å². The molecular weight excluding hydrogens is 559 g/mol. The second kappa shape index (κ2) is 10.7. The van der Waals surface area contributed by atoms with Crippen LogP contribution >= 0.6 is 11.6 Å². The van der Waals surface area contributed by atoms with Gasteiger partial charge >= 0.3 is 6.18 Å². The number of hydrogen-bond donors (Lipinski definition) is 3. The van der Waals surface area contributed by atoms with Crippen molar-refractivity contribution in [3.63, 3.8) is 0 Å². The number of aliphatic hydroxyl groups is 2. The number of anilines is 1. The average molecular weight is 592 g/mol. The first-order valence-corrected chi connectivity index (χ1v) is 13.8. The minimum Gasteiger partial charge on any atom is -0.493 e. The molecule has 3 N–H and O–H groups in total. The van der Waals surface area contributed by atoms with Crippen LogP contribution in [0.3, 0.4) is 0 Å². The number of para-hydroxylation sites is 1. The van der Waals surface area contributed by atoms with Crippen molar-refractivity contribution in [2.45, 2.75) is 63.5 Å². The molecule has 1 aliphatic heterocycles. The third-order valence-electron chi connectivity index (χ3n) is 7.99. The van der Waals surface area contributed by atoms with Gasteiger partial charge in [0.25, 0.3) is 0 Å². The summed E-state index contributed by atoms with van der Waals surface area (Å²) in [4.78, 5) is 2.03. The van der Waals surface area contributed by atoms with E-state index in [1.807, 2.05) is 44.7 Å². The minimum atomic E-state index is -4.92. The van der Waals surface area contributed by atoms with E-state index in [1.54, 1.807) is 30.3 Å². The van der Waals surface area contributed by atoms with Crippen LogP contribution in [0, 0.1) is 5.92 Å². The molecule has 2 heterocycles. The maximum Gasteiger partial charge on any atom is 0.435 e. The summed E-state index contributed by atoms with van der Waals surface area (Å²) in [5.41, 5.74) is 0.277. The molecular formula is C30H33ClF3N3O4. The molecule has 1 fully saturated rings. The highest BCUT2D eigenvalue weighted by atomic mass is 35.5. The molecule has 0 saturated heterocycles. The van der Waals surface area contributed by atoms with Gasteiger partial charge in [0.05, 0.1) is 36.2 Å². The summed E-state index contributed by atoms with van der Waals surface area (Å²) in [6.45, 7) is 8.74. The molecule has 7 nitrogen and oxygen atoms in total. The molecule has 3 aromatic rings. The fraction of sp³-hybridized carbons (Fsp3) is 0.433. The normalized spacial score (nSPS) is 24.7. The lowest BCUT2D eigenvalue weighted by molar-refractivity contribution is -0.145. The van der Waals surface area contributed by atoms with Crippen molar-refractivity contribution in [3.05, 3.63) is 82.1 Å². The van der Waals surface area contributed by atoms with Gasteiger partial charge < -0.3 is 25.0 Å². The van der Waals surface area contributed by atoms with Crippen molar-refractivity contribution in [2.75, 3.05) is 18.1 Å². The number of halogens is 4. The summed E-state index contributed by atoms with van der Waals surface area (Å²) in [7, 11) is 0. The molecule has 220 valence electrons. The van der Waals surface area contributed by atoms with Crippen LogP contribution < -0.4 is 4.90 Å². The topological polar surface area (TPSA) is 91.0 Å². The van der Waals surface area contributed by atoms with Crippen molar-refractivity contribution >= 4 is 17.3 Å². The van der Waals surface area contributed by atoms with E-state index >= 15 is 0 Å². The van der Waals surface area contributed by atoms with E-state index in [-0.39, 0.29) is 11.8 Å². The Morgan fingerprint density at radius 2 is 1.76 bits per heavy atom. The first-order chi connectivity index (χ1) is 19.2. The standard InChI is InChI=1S/C30H33ClF3N3O4/c1-16(2)41-13-12-36-21-11-10-17(31)14-20(21)29(3,4)22(36)15-19-25(38)23(26(19)39)24-27(30(32,33)34)35-37(28(24)40)18-8-6-5-7-9-18/h5-11,14-16,19,23,25-26,38-40H,12-13H2,1-4H3. The first kappa shape index (κ1) is 29.4. The van der Waals surface area contributed by atoms with Crippen LogP contribution in [0.2, 0.25) is 5.02 Å². The van der Waals surface area contributed by atoms with Crippen LogP contribution in [-0.4, -0.2) is 56.6 Å². The van der Waals surface area contributed by atoms with E-state index in [1.165, 1.54) is 12.1 Å². The number of fused-ring (bicyclic) bond motifs is 1. The quantitative estimate of drug-likeness (QED) is 0.322. The van der Waals surface area contributed by atoms with Gasteiger partial charge in [-0.2, -0.15) is 18.3 Å². The molecule has 11 heteroatoms. The summed E-state index contributed by atoms with van der Waals surface area (Å²) in [5, 5.41) is 37.6. The Morgan fingerprint density at radius 1 is 1.10 bits per heavy atom. The molecule has 5 rings (SSSR count). The van der Waals surface area contributed by atoms with Gasteiger partial charge in [0.1, 0.15) is 0 Å². The molecule has 2 aromatic carbocycles. The Morgan fingerprint density at radius 3 is 2.37 bits per heavy atom. The van der Waals surface area contributed by atoms with E-state index in [0.29, 0.717) is 18.2 Å². The van der Waals surface area contributed by atoms with Crippen LogP contribution in [0.1, 0.15) is 50.4 Å². The van der Waals surface area contributed by atoms with Crippen LogP contribution in [0.5, 0.6) is 5.88 Å². The lowest BCUT2D eigenvalue weighted by Gasteiger charge is -2.46. The summed E-state index contributed by atoms with van der Waals surface area (Å²) in [5.74, 6) is -3.06. The van der Waals surface area contributed by atoms with Gasteiger partial charge in [0, 0.05) is 40.2 Å². The number of ether oxygens (including phenoxy) is 1. The number of nitrogens with zero attached hydrogens (tertiary/aromatic N) is 3. The smallest absolute Gasteiger partial charge is 0.435 e. The molecule has 41 heavy (non-hydrogen) atoms. The average Bonchev–Trinajstić information content (AvgIpc) is 3.34. The molecule has 2 atom stereocenters. The zero-order valence-corrected chi connectivity index (χ0v) is 23.9. The molecule has 0 radical (unpaired) electrons. The van der Waals surface area contributed by atoms with Gasteiger partial charge in [-0.1, -0.05) is 49.7 Å². The van der Waals surface area contributed by atoms with Crippen molar-refractivity contribution in [3.8, 4) is 11.6 Å². The molecule has 2 aliphatic rings. The lowest BCUT2D eigenvalue weighted by Crippen LogP contribution is -2.53. The van der Waals surface area contributed by atoms with Crippen LogP contribution in [0.4, 0.5) is 18.9 Å². The molecule has 2 unspecified atom stereocenters. The van der Waals surface area contributed by atoms with E-state index in [0.717, 1.165) is 21.6 Å². The Hall–Kier alpha value is -3.05. The Balaban J connectivity index is 1.52. The zero-order chi connectivity index (χ0) is 29.9. The summed E-state index contributed by atoms with van der Waals surface area (Å²) < 4.78 is 48.8. The zero-order valence-electron chi connectivity index (χ0n) is 23.1. The number of rotatable bonds is 7.